The van der Waals surface area contributed by atoms with Crippen LogP contribution in [0.5, 0.6) is 0 Å². The Morgan fingerprint density at radius 3 is 2.61 bits per heavy atom. The summed E-state index contributed by atoms with van der Waals surface area (Å²) in [5, 5.41) is 9.14. The first kappa shape index (κ1) is 28.9. The fraction of sp³-hybridized carbons (Fsp3) is 0.414. The van der Waals surface area contributed by atoms with Crippen molar-refractivity contribution in [1.82, 2.24) is 24.5 Å². The highest BCUT2D eigenvalue weighted by Crippen LogP contribution is 2.53. The van der Waals surface area contributed by atoms with Crippen LogP contribution in [0.3, 0.4) is 0 Å². The lowest BCUT2D eigenvalue weighted by Gasteiger charge is -2.44. The van der Waals surface area contributed by atoms with Gasteiger partial charge >= 0.3 is 0 Å². The minimum Gasteiger partial charge on any atom is -0.598 e. The molecule has 2 aromatic carbocycles. The molecule has 1 fully saturated rings. The third-order valence-corrected chi connectivity index (χ3v) is 11.8. The molecule has 4 aromatic rings. The standard InChI is InChI=1S/C29H32Cl2N6O2S2/c1-28(2,3)41(39)35-23-18-9-6-5-8-17(18)16-29(23)12-14-37(15-13-29)27-32-24-21(26(38)36(27)4)25(34-33-24)40-20-11-7-10-19(30)22(20)31/h5-11,23,35H,12-16H2,1-4H3,(H,33,34). The van der Waals surface area contributed by atoms with Gasteiger partial charge in [-0.2, -0.15) is 10.1 Å². The zero-order chi connectivity index (χ0) is 29.1. The molecule has 0 radical (unpaired) electrons. The molecule has 12 heteroatoms. The number of nitrogens with zero attached hydrogens (tertiary/aromatic N) is 4. The molecule has 1 aliphatic carbocycles. The summed E-state index contributed by atoms with van der Waals surface area (Å²) in [5.41, 5.74) is 2.77. The number of piperidine rings is 1. The number of nitrogens with one attached hydrogen (secondary N) is 2. The maximum absolute atomic E-state index is 13.6. The summed E-state index contributed by atoms with van der Waals surface area (Å²) in [6.07, 6.45) is 2.70. The summed E-state index contributed by atoms with van der Waals surface area (Å²) >= 11 is 12.7. The van der Waals surface area contributed by atoms with E-state index in [1.54, 1.807) is 17.7 Å². The number of H-pyrrole nitrogens is 1. The van der Waals surface area contributed by atoms with E-state index >= 15 is 0 Å². The van der Waals surface area contributed by atoms with Crippen molar-refractivity contribution in [1.29, 1.82) is 0 Å². The molecule has 1 aliphatic heterocycles. The number of hydrogen-bond acceptors (Lipinski definition) is 7. The second-order valence-corrected chi connectivity index (χ2v) is 15.7. The molecule has 0 bridgehead atoms. The van der Waals surface area contributed by atoms with Gasteiger partial charge in [0.2, 0.25) is 5.95 Å². The van der Waals surface area contributed by atoms with E-state index in [4.69, 9.17) is 28.2 Å². The van der Waals surface area contributed by atoms with E-state index in [2.05, 4.69) is 44.1 Å². The number of anilines is 1. The highest BCUT2D eigenvalue weighted by atomic mass is 35.5. The Morgan fingerprint density at radius 2 is 1.88 bits per heavy atom. The van der Waals surface area contributed by atoms with Crippen molar-refractivity contribution in [3.63, 3.8) is 0 Å². The number of rotatable bonds is 5. The quantitative estimate of drug-likeness (QED) is 0.259. The lowest BCUT2D eigenvalue weighted by atomic mass is 9.73. The van der Waals surface area contributed by atoms with Crippen molar-refractivity contribution < 1.29 is 4.55 Å². The molecule has 1 saturated heterocycles. The van der Waals surface area contributed by atoms with E-state index in [1.807, 2.05) is 32.9 Å². The van der Waals surface area contributed by atoms with Crippen molar-refractivity contribution >= 4 is 63.3 Å². The van der Waals surface area contributed by atoms with Crippen LogP contribution in [0.15, 0.2) is 57.2 Å². The lowest BCUT2D eigenvalue weighted by Crippen LogP contribution is -2.50. The number of aromatic nitrogens is 4. The van der Waals surface area contributed by atoms with Crippen molar-refractivity contribution in [2.45, 2.75) is 60.7 Å². The van der Waals surface area contributed by atoms with E-state index in [0.29, 0.717) is 36.9 Å². The molecule has 0 saturated carbocycles. The van der Waals surface area contributed by atoms with Crippen LogP contribution >= 0.6 is 35.0 Å². The molecule has 216 valence electrons. The van der Waals surface area contributed by atoms with Crippen molar-refractivity contribution in [2.24, 2.45) is 12.5 Å². The molecule has 2 aliphatic rings. The molecule has 2 N–H and O–H groups in total. The third-order valence-electron chi connectivity index (χ3n) is 8.21. The third kappa shape index (κ3) is 5.17. The number of aromatic amines is 1. The maximum Gasteiger partial charge on any atom is 0.266 e. The topological polar surface area (TPSA) is 102 Å². The Kier molecular flexibility index (Phi) is 7.62. The Bertz CT molecular complexity index is 1680. The minimum absolute atomic E-state index is 0.00525. The predicted molar refractivity (Wildman–Crippen MR) is 168 cm³/mol. The van der Waals surface area contributed by atoms with Gasteiger partial charge in [-0.25, -0.2) is 0 Å². The normalized spacial score (nSPS) is 19.2. The first-order chi connectivity index (χ1) is 19.5. The summed E-state index contributed by atoms with van der Waals surface area (Å²) in [4.78, 5) is 21.3. The Balaban J connectivity index is 1.27. The van der Waals surface area contributed by atoms with Gasteiger partial charge in [0.25, 0.3) is 5.56 Å². The molecule has 2 atom stereocenters. The Labute approximate surface area is 256 Å². The fourth-order valence-corrected chi connectivity index (χ4v) is 8.27. The first-order valence-corrected chi connectivity index (χ1v) is 16.3. The summed E-state index contributed by atoms with van der Waals surface area (Å²) in [6, 6.07) is 13.9. The lowest BCUT2D eigenvalue weighted by molar-refractivity contribution is 0.175. The number of benzene rings is 2. The number of hydrogen-bond donors (Lipinski definition) is 2. The maximum atomic E-state index is 13.6. The number of fused-ring (bicyclic) bond motifs is 2. The van der Waals surface area contributed by atoms with Gasteiger partial charge < -0.3 is 9.45 Å². The smallest absolute Gasteiger partial charge is 0.266 e. The van der Waals surface area contributed by atoms with Crippen molar-refractivity contribution in [3.05, 3.63) is 74.0 Å². The molecule has 0 amide bonds. The predicted octanol–water partition coefficient (Wildman–Crippen LogP) is 6.05. The molecule has 1 spiro atoms. The average molecular weight is 632 g/mol. The van der Waals surface area contributed by atoms with Gasteiger partial charge in [-0.05, 0) is 63.3 Å². The second-order valence-electron chi connectivity index (χ2n) is 11.8. The van der Waals surface area contributed by atoms with E-state index in [1.165, 1.54) is 22.9 Å². The highest BCUT2D eigenvalue weighted by molar-refractivity contribution is 7.99. The average Bonchev–Trinajstić information content (AvgIpc) is 3.47. The molecule has 2 aromatic heterocycles. The molecular weight excluding hydrogens is 599 g/mol. The summed E-state index contributed by atoms with van der Waals surface area (Å²) in [5.74, 6) is 0.608. The van der Waals surface area contributed by atoms with E-state index in [-0.39, 0.29) is 21.8 Å². The summed E-state index contributed by atoms with van der Waals surface area (Å²) < 4.78 is 18.0. The van der Waals surface area contributed by atoms with E-state index < -0.39 is 11.4 Å². The number of halogens is 2. The second kappa shape index (κ2) is 10.8. The molecule has 3 heterocycles. The largest absolute Gasteiger partial charge is 0.598 e. The monoisotopic (exact) mass is 630 g/mol. The van der Waals surface area contributed by atoms with Gasteiger partial charge in [0, 0.05) is 41.8 Å². The highest BCUT2D eigenvalue weighted by Gasteiger charge is 2.50. The van der Waals surface area contributed by atoms with Gasteiger partial charge in [-0.1, -0.05) is 65.3 Å². The van der Waals surface area contributed by atoms with Crippen LogP contribution in [0.1, 0.15) is 50.8 Å². The fourth-order valence-electron chi connectivity index (χ4n) is 5.93. The van der Waals surface area contributed by atoms with E-state index in [0.717, 1.165) is 32.4 Å². The minimum atomic E-state index is -1.19. The van der Waals surface area contributed by atoms with Crippen LogP contribution < -0.4 is 15.2 Å². The molecular formula is C29H32Cl2N6O2S2. The Hall–Kier alpha value is -2.21. The van der Waals surface area contributed by atoms with E-state index in [9.17, 15) is 9.35 Å². The van der Waals surface area contributed by atoms with Crippen LogP contribution in [0.2, 0.25) is 10.0 Å². The van der Waals surface area contributed by atoms with Gasteiger partial charge in [-0.3, -0.25) is 14.5 Å². The van der Waals surface area contributed by atoms with Crippen LogP contribution in [-0.2, 0) is 24.8 Å². The van der Waals surface area contributed by atoms with Gasteiger partial charge in [0.1, 0.15) is 15.2 Å². The molecule has 6 rings (SSSR count). The van der Waals surface area contributed by atoms with Crippen LogP contribution in [0.25, 0.3) is 11.0 Å². The summed E-state index contributed by atoms with van der Waals surface area (Å²) in [6.45, 7) is 7.45. The zero-order valence-corrected chi connectivity index (χ0v) is 26.5. The van der Waals surface area contributed by atoms with Crippen LogP contribution in [0.4, 0.5) is 5.95 Å². The zero-order valence-electron chi connectivity index (χ0n) is 23.3. The summed E-state index contributed by atoms with van der Waals surface area (Å²) in [7, 11) is 1.75. The van der Waals surface area contributed by atoms with Crippen LogP contribution in [0, 0.1) is 5.41 Å². The Morgan fingerprint density at radius 1 is 1.15 bits per heavy atom. The SMILES string of the molecule is Cn1c(N2CCC3(CC2)Cc2ccccc2C3N[S+]([O-])C(C)(C)C)nc2[nH]nc(Sc3cccc(Cl)c3Cl)c2c1=O. The van der Waals surface area contributed by atoms with Gasteiger partial charge in [0.05, 0.1) is 16.1 Å². The van der Waals surface area contributed by atoms with Crippen molar-refractivity contribution in [3.8, 4) is 0 Å². The van der Waals surface area contributed by atoms with Gasteiger partial charge in [0.15, 0.2) is 5.65 Å². The molecule has 2 unspecified atom stereocenters. The molecule has 8 nitrogen and oxygen atoms in total. The molecule has 41 heavy (non-hydrogen) atoms. The first-order valence-electron chi connectivity index (χ1n) is 13.6. The van der Waals surface area contributed by atoms with Gasteiger partial charge in [-0.15, -0.1) is 4.72 Å². The van der Waals surface area contributed by atoms with Crippen molar-refractivity contribution in [2.75, 3.05) is 18.0 Å². The van der Waals surface area contributed by atoms with Crippen LogP contribution in [-0.4, -0.2) is 42.1 Å².